The molecule has 2 amide bonds. The van der Waals surface area contributed by atoms with Gasteiger partial charge in [0.1, 0.15) is 0 Å². The highest BCUT2D eigenvalue weighted by Gasteiger charge is 2.24. The molecule has 10 heteroatoms. The highest BCUT2D eigenvalue weighted by Crippen LogP contribution is 2.16. The number of hydrogen-bond acceptors (Lipinski definition) is 8. The predicted octanol–water partition coefficient (Wildman–Crippen LogP) is -0.493. The quantitative estimate of drug-likeness (QED) is 0.653. The lowest BCUT2D eigenvalue weighted by atomic mass is 10.2. The highest BCUT2D eigenvalue weighted by atomic mass is 16.2. The van der Waals surface area contributed by atoms with Gasteiger partial charge in [-0.25, -0.2) is 9.97 Å². The molecule has 2 fully saturated rings. The number of carbonyl (C=O) groups excluding carboxylic acids is 2. The predicted molar refractivity (Wildman–Crippen MR) is 102 cm³/mol. The maximum Gasteiger partial charge on any atom is 0.274 e. The fraction of sp³-hybridized carbons (Fsp3) is 0.444. The summed E-state index contributed by atoms with van der Waals surface area (Å²) in [6, 6.07) is 5.38. The number of anilines is 2. The fourth-order valence-electron chi connectivity index (χ4n) is 3.39. The lowest BCUT2D eigenvalue weighted by Gasteiger charge is -2.35. The van der Waals surface area contributed by atoms with E-state index >= 15 is 0 Å². The Hall–Kier alpha value is -3.30. The zero-order chi connectivity index (χ0) is 19.3. The minimum Gasteiger partial charge on any atom is -0.352 e. The average Bonchev–Trinajstić information content (AvgIpc) is 2.79. The second kappa shape index (κ2) is 8.15. The van der Waals surface area contributed by atoms with Gasteiger partial charge in [0.2, 0.25) is 12.4 Å². The second-order valence-electron chi connectivity index (χ2n) is 6.73. The largest absolute Gasteiger partial charge is 0.352 e. The van der Waals surface area contributed by atoms with Crippen molar-refractivity contribution in [2.45, 2.75) is 0 Å². The molecule has 0 unspecified atom stereocenters. The number of hydrogen-bond donors (Lipinski definition) is 0. The van der Waals surface area contributed by atoms with Gasteiger partial charge in [-0.05, 0) is 18.2 Å². The third kappa shape index (κ3) is 3.85. The van der Waals surface area contributed by atoms with Crippen LogP contribution in [0.1, 0.15) is 10.5 Å². The van der Waals surface area contributed by atoms with Crippen LogP contribution in [0.4, 0.5) is 11.8 Å². The Morgan fingerprint density at radius 1 is 0.857 bits per heavy atom. The molecule has 0 spiro atoms. The molecule has 0 bridgehead atoms. The number of rotatable bonds is 4. The molecule has 2 aliphatic heterocycles. The molecule has 4 heterocycles. The molecule has 2 saturated heterocycles. The SMILES string of the molecule is O=CN1CCN(C(=O)c2ccc(N3CCN(c4ncccn4)CC3)nn2)CC1. The zero-order valence-electron chi connectivity index (χ0n) is 15.5. The van der Waals surface area contributed by atoms with Gasteiger partial charge in [0.25, 0.3) is 5.91 Å². The van der Waals surface area contributed by atoms with Crippen molar-refractivity contribution >= 4 is 24.1 Å². The van der Waals surface area contributed by atoms with Crippen LogP contribution >= 0.6 is 0 Å². The van der Waals surface area contributed by atoms with E-state index in [1.165, 1.54) is 0 Å². The van der Waals surface area contributed by atoms with Crippen LogP contribution in [0.15, 0.2) is 30.6 Å². The van der Waals surface area contributed by atoms with Crippen molar-refractivity contribution < 1.29 is 9.59 Å². The molecule has 2 aromatic heterocycles. The third-order valence-corrected chi connectivity index (χ3v) is 5.06. The molecule has 146 valence electrons. The molecule has 10 nitrogen and oxygen atoms in total. The third-order valence-electron chi connectivity index (χ3n) is 5.06. The van der Waals surface area contributed by atoms with Gasteiger partial charge >= 0.3 is 0 Å². The Kier molecular flexibility index (Phi) is 5.27. The number of piperazine rings is 2. The summed E-state index contributed by atoms with van der Waals surface area (Å²) < 4.78 is 0. The molecule has 2 aromatic rings. The molecule has 0 saturated carbocycles. The van der Waals surface area contributed by atoms with Crippen LogP contribution in [0.3, 0.4) is 0 Å². The highest BCUT2D eigenvalue weighted by molar-refractivity contribution is 5.92. The Morgan fingerprint density at radius 3 is 2.14 bits per heavy atom. The summed E-state index contributed by atoms with van der Waals surface area (Å²) in [7, 11) is 0. The minimum absolute atomic E-state index is 0.143. The van der Waals surface area contributed by atoms with Crippen LogP contribution in [-0.2, 0) is 4.79 Å². The molecule has 0 aromatic carbocycles. The van der Waals surface area contributed by atoms with Crippen LogP contribution in [0.2, 0.25) is 0 Å². The summed E-state index contributed by atoms with van der Waals surface area (Å²) in [6.45, 7) is 5.31. The van der Waals surface area contributed by atoms with E-state index in [0.29, 0.717) is 31.9 Å². The summed E-state index contributed by atoms with van der Waals surface area (Å²) in [5, 5.41) is 8.40. The molecule has 4 rings (SSSR count). The van der Waals surface area contributed by atoms with Gasteiger partial charge in [-0.2, -0.15) is 0 Å². The summed E-state index contributed by atoms with van der Waals surface area (Å²) >= 11 is 0. The van der Waals surface area contributed by atoms with E-state index in [0.717, 1.165) is 44.4 Å². The lowest BCUT2D eigenvalue weighted by Crippen LogP contribution is -2.48. The second-order valence-corrected chi connectivity index (χ2v) is 6.73. The number of aromatic nitrogens is 4. The summed E-state index contributed by atoms with van der Waals surface area (Å²) in [5.41, 5.74) is 0.333. The molecule has 2 aliphatic rings. The zero-order valence-corrected chi connectivity index (χ0v) is 15.5. The van der Waals surface area contributed by atoms with Gasteiger partial charge in [-0.1, -0.05) is 0 Å². The van der Waals surface area contributed by atoms with Crippen molar-refractivity contribution in [3.05, 3.63) is 36.3 Å². The van der Waals surface area contributed by atoms with Crippen molar-refractivity contribution in [3.63, 3.8) is 0 Å². The Bertz CT molecular complexity index is 800. The van der Waals surface area contributed by atoms with Crippen LogP contribution in [0.5, 0.6) is 0 Å². The normalized spacial score (nSPS) is 17.6. The summed E-state index contributed by atoms with van der Waals surface area (Å²) in [6.07, 6.45) is 4.31. The number of carbonyl (C=O) groups is 2. The maximum absolute atomic E-state index is 12.6. The van der Waals surface area contributed by atoms with Gasteiger partial charge in [0.15, 0.2) is 11.5 Å². The monoisotopic (exact) mass is 382 g/mol. The smallest absolute Gasteiger partial charge is 0.274 e. The van der Waals surface area contributed by atoms with Crippen molar-refractivity contribution in [3.8, 4) is 0 Å². The molecule has 0 radical (unpaired) electrons. The average molecular weight is 382 g/mol. The van der Waals surface area contributed by atoms with E-state index in [1.54, 1.807) is 34.3 Å². The van der Waals surface area contributed by atoms with E-state index in [4.69, 9.17) is 0 Å². The summed E-state index contributed by atoms with van der Waals surface area (Å²) in [5.74, 6) is 1.36. The lowest BCUT2D eigenvalue weighted by molar-refractivity contribution is -0.119. The van der Waals surface area contributed by atoms with Gasteiger partial charge in [0.05, 0.1) is 0 Å². The first kappa shape index (κ1) is 18.1. The van der Waals surface area contributed by atoms with Crippen LogP contribution in [0, 0.1) is 0 Å². The molecular weight excluding hydrogens is 360 g/mol. The summed E-state index contributed by atoms with van der Waals surface area (Å²) in [4.78, 5) is 39.6. The van der Waals surface area contributed by atoms with Gasteiger partial charge in [-0.15, -0.1) is 10.2 Å². The van der Waals surface area contributed by atoms with Crippen LogP contribution < -0.4 is 9.80 Å². The van der Waals surface area contributed by atoms with E-state index < -0.39 is 0 Å². The van der Waals surface area contributed by atoms with Crippen molar-refractivity contribution in [1.29, 1.82) is 0 Å². The fourth-order valence-corrected chi connectivity index (χ4v) is 3.39. The Balaban J connectivity index is 1.34. The van der Waals surface area contributed by atoms with E-state index in [1.807, 2.05) is 6.07 Å². The molecule has 0 aliphatic carbocycles. The number of nitrogens with zero attached hydrogens (tertiary/aromatic N) is 8. The van der Waals surface area contributed by atoms with Gasteiger partial charge in [0, 0.05) is 64.8 Å². The molecule has 0 N–H and O–H groups in total. The minimum atomic E-state index is -0.143. The van der Waals surface area contributed by atoms with Gasteiger partial charge in [-0.3, -0.25) is 9.59 Å². The molecule has 28 heavy (non-hydrogen) atoms. The van der Waals surface area contributed by atoms with Crippen LogP contribution in [-0.4, -0.2) is 94.6 Å². The maximum atomic E-state index is 12.6. The van der Waals surface area contributed by atoms with Gasteiger partial charge < -0.3 is 19.6 Å². The topological polar surface area (TPSA) is 98.7 Å². The van der Waals surface area contributed by atoms with Crippen molar-refractivity contribution in [2.24, 2.45) is 0 Å². The van der Waals surface area contributed by atoms with E-state index in [9.17, 15) is 9.59 Å². The molecule has 0 atom stereocenters. The standard InChI is InChI=1S/C18H22N8O2/c27-14-23-6-8-25(9-7-23)17(28)15-2-3-16(22-21-15)24-10-12-26(13-11-24)18-19-4-1-5-20-18/h1-5,14H,6-13H2. The van der Waals surface area contributed by atoms with Crippen molar-refractivity contribution in [1.82, 2.24) is 30.0 Å². The first-order chi connectivity index (χ1) is 13.7. The Morgan fingerprint density at radius 2 is 1.54 bits per heavy atom. The van der Waals surface area contributed by atoms with Crippen molar-refractivity contribution in [2.75, 3.05) is 62.2 Å². The first-order valence-corrected chi connectivity index (χ1v) is 9.34. The van der Waals surface area contributed by atoms with Crippen LogP contribution in [0.25, 0.3) is 0 Å². The molecular formula is C18H22N8O2. The first-order valence-electron chi connectivity index (χ1n) is 9.34. The Labute approximate surface area is 162 Å². The van der Waals surface area contributed by atoms with E-state index in [2.05, 4.69) is 30.0 Å². The number of amides is 2. The van der Waals surface area contributed by atoms with E-state index in [-0.39, 0.29) is 5.91 Å².